The molecule has 7 heteroatoms. The number of carbonyl (C=O) groups excluding carboxylic acids is 1. The summed E-state index contributed by atoms with van der Waals surface area (Å²) in [5.74, 6) is 0.786. The Hall–Kier alpha value is -2.93. The van der Waals surface area contributed by atoms with E-state index in [0.717, 1.165) is 39.0 Å². The number of carbonyl (C=O) groups is 1. The van der Waals surface area contributed by atoms with Crippen molar-refractivity contribution in [1.82, 2.24) is 19.7 Å². The van der Waals surface area contributed by atoms with Crippen molar-refractivity contribution in [1.29, 1.82) is 0 Å². The zero-order chi connectivity index (χ0) is 21.0. The number of aryl methyl sites for hydroxylation is 2. The Kier molecular flexibility index (Phi) is 4.50. The summed E-state index contributed by atoms with van der Waals surface area (Å²) in [7, 11) is 0. The molecule has 6 nitrogen and oxygen atoms in total. The Labute approximate surface area is 182 Å². The molecule has 0 fully saturated rings. The molecule has 0 spiro atoms. The fourth-order valence-corrected chi connectivity index (χ4v) is 4.70. The van der Waals surface area contributed by atoms with Gasteiger partial charge in [-0.3, -0.25) is 4.79 Å². The fourth-order valence-electron chi connectivity index (χ4n) is 4.37. The van der Waals surface area contributed by atoms with Crippen LogP contribution in [0.4, 0.5) is 0 Å². The number of amides is 1. The van der Waals surface area contributed by atoms with Gasteiger partial charge in [-0.25, -0.2) is 4.52 Å². The van der Waals surface area contributed by atoms with E-state index in [0.29, 0.717) is 12.2 Å². The second kappa shape index (κ2) is 7.09. The number of benzene rings is 1. The van der Waals surface area contributed by atoms with Crippen LogP contribution in [0.2, 0.25) is 0 Å². The van der Waals surface area contributed by atoms with Gasteiger partial charge in [0.15, 0.2) is 5.69 Å². The molecule has 0 saturated carbocycles. The van der Waals surface area contributed by atoms with E-state index < -0.39 is 0 Å². The summed E-state index contributed by atoms with van der Waals surface area (Å²) >= 11 is 3.45. The monoisotopic (exact) mass is 464 g/mol. The van der Waals surface area contributed by atoms with Gasteiger partial charge in [0.2, 0.25) is 0 Å². The van der Waals surface area contributed by atoms with E-state index in [1.807, 2.05) is 43.1 Å². The van der Waals surface area contributed by atoms with Crippen LogP contribution in [-0.4, -0.2) is 32.1 Å². The summed E-state index contributed by atoms with van der Waals surface area (Å²) in [4.78, 5) is 15.1. The number of aromatic nitrogens is 3. The normalized spacial score (nSPS) is 16.1. The highest BCUT2D eigenvalue weighted by Gasteiger charge is 2.30. The lowest BCUT2D eigenvalue weighted by molar-refractivity contribution is 0.0671. The minimum absolute atomic E-state index is 0.0171. The summed E-state index contributed by atoms with van der Waals surface area (Å²) in [6.07, 6.45) is 2.67. The van der Waals surface area contributed by atoms with Crippen LogP contribution >= 0.6 is 15.9 Å². The minimum atomic E-state index is -0.0391. The van der Waals surface area contributed by atoms with Crippen LogP contribution in [0.15, 0.2) is 51.6 Å². The summed E-state index contributed by atoms with van der Waals surface area (Å²) in [5.41, 5.74) is 6.88. The van der Waals surface area contributed by atoms with E-state index in [2.05, 4.69) is 51.3 Å². The molecule has 0 bridgehead atoms. The Bertz CT molecular complexity index is 1270. The smallest absolute Gasteiger partial charge is 0.274 e. The van der Waals surface area contributed by atoms with Gasteiger partial charge >= 0.3 is 0 Å². The summed E-state index contributed by atoms with van der Waals surface area (Å²) in [5, 5.41) is 8.56. The van der Waals surface area contributed by atoms with Crippen molar-refractivity contribution in [2.24, 2.45) is 0 Å². The number of nitrogens with zero attached hydrogens (tertiary/aromatic N) is 4. The number of rotatable bonds is 2. The number of hydrogen-bond acceptors (Lipinski definition) is 4. The quantitative estimate of drug-likeness (QED) is 0.412. The number of pyridine rings is 1. The van der Waals surface area contributed by atoms with Crippen molar-refractivity contribution in [3.63, 3.8) is 0 Å². The predicted molar refractivity (Wildman–Crippen MR) is 117 cm³/mol. The molecule has 4 heterocycles. The summed E-state index contributed by atoms with van der Waals surface area (Å²) in [6.45, 7) is 6.64. The van der Waals surface area contributed by atoms with E-state index in [-0.39, 0.29) is 11.9 Å². The van der Waals surface area contributed by atoms with Crippen LogP contribution in [0, 0.1) is 13.8 Å². The van der Waals surface area contributed by atoms with Crippen LogP contribution in [0.3, 0.4) is 0 Å². The van der Waals surface area contributed by atoms with Crippen molar-refractivity contribution < 1.29 is 9.32 Å². The van der Waals surface area contributed by atoms with Crippen molar-refractivity contribution in [2.75, 3.05) is 6.54 Å². The largest absolute Gasteiger partial charge is 0.361 e. The lowest BCUT2D eigenvalue weighted by Crippen LogP contribution is -2.39. The first kappa shape index (κ1) is 19.1. The average molecular weight is 465 g/mol. The molecule has 1 atom stereocenters. The van der Waals surface area contributed by atoms with E-state index in [9.17, 15) is 4.79 Å². The highest BCUT2D eigenvalue weighted by molar-refractivity contribution is 9.10. The molecule has 4 aromatic rings. The lowest BCUT2D eigenvalue weighted by atomic mass is 9.90. The molecule has 5 rings (SSSR count). The van der Waals surface area contributed by atoms with Gasteiger partial charge in [-0.05, 0) is 78.0 Å². The van der Waals surface area contributed by atoms with Crippen molar-refractivity contribution in [3.8, 4) is 11.1 Å². The summed E-state index contributed by atoms with van der Waals surface area (Å²) < 4.78 is 7.98. The first-order chi connectivity index (χ1) is 14.4. The summed E-state index contributed by atoms with van der Waals surface area (Å²) in [6, 6.07) is 12.2. The van der Waals surface area contributed by atoms with Crippen LogP contribution in [0.1, 0.15) is 46.0 Å². The van der Waals surface area contributed by atoms with Gasteiger partial charge in [0.05, 0.1) is 17.3 Å². The van der Waals surface area contributed by atoms with E-state index in [1.165, 1.54) is 11.1 Å². The topological polar surface area (TPSA) is 63.6 Å². The highest BCUT2D eigenvalue weighted by Crippen LogP contribution is 2.35. The van der Waals surface area contributed by atoms with Crippen LogP contribution < -0.4 is 0 Å². The molecule has 1 aromatic carbocycles. The van der Waals surface area contributed by atoms with Gasteiger partial charge in [-0.1, -0.05) is 23.4 Å². The van der Waals surface area contributed by atoms with Crippen molar-refractivity contribution >= 4 is 27.4 Å². The fraction of sp³-hybridized carbons (Fsp3) is 0.261. The number of halogens is 1. The Balaban J connectivity index is 1.45. The van der Waals surface area contributed by atoms with Gasteiger partial charge in [0.25, 0.3) is 5.91 Å². The van der Waals surface area contributed by atoms with Gasteiger partial charge in [-0.15, -0.1) is 0 Å². The Morgan fingerprint density at radius 3 is 2.80 bits per heavy atom. The van der Waals surface area contributed by atoms with E-state index in [4.69, 9.17) is 4.52 Å². The molecule has 3 aromatic heterocycles. The predicted octanol–water partition coefficient (Wildman–Crippen LogP) is 5.13. The van der Waals surface area contributed by atoms with E-state index >= 15 is 0 Å². The molecular weight excluding hydrogens is 444 g/mol. The minimum Gasteiger partial charge on any atom is -0.361 e. The first-order valence-electron chi connectivity index (χ1n) is 9.94. The van der Waals surface area contributed by atoms with Gasteiger partial charge in [-0.2, -0.15) is 5.10 Å². The zero-order valence-electron chi connectivity index (χ0n) is 17.0. The number of hydrogen-bond donors (Lipinski definition) is 0. The maximum absolute atomic E-state index is 13.2. The maximum Gasteiger partial charge on any atom is 0.274 e. The molecular formula is C23H21BrN4O2. The number of fused-ring (bicyclic) bond motifs is 2. The second-order valence-corrected chi connectivity index (χ2v) is 8.70. The Morgan fingerprint density at radius 1 is 1.20 bits per heavy atom. The average Bonchev–Trinajstić information content (AvgIpc) is 3.30. The molecule has 1 amide bonds. The first-order valence-corrected chi connectivity index (χ1v) is 10.7. The van der Waals surface area contributed by atoms with Crippen LogP contribution in [0.5, 0.6) is 0 Å². The molecule has 30 heavy (non-hydrogen) atoms. The van der Waals surface area contributed by atoms with Crippen LogP contribution in [0.25, 0.3) is 16.6 Å². The molecule has 0 radical (unpaired) electrons. The van der Waals surface area contributed by atoms with Crippen LogP contribution in [-0.2, 0) is 6.42 Å². The standard InChI is InChI=1S/C23H21BrN4O2/c1-13-22(15(3)30-26-13)17-4-7-20-14(2)27(9-8-16(20)10-17)23(29)21-11-19-6-5-18(24)12-28(19)25-21/h4-7,10-12,14H,8-9H2,1-3H3. The molecule has 1 aliphatic heterocycles. The lowest BCUT2D eigenvalue weighted by Gasteiger charge is -2.35. The zero-order valence-corrected chi connectivity index (χ0v) is 18.6. The molecule has 152 valence electrons. The van der Waals surface area contributed by atoms with Gasteiger partial charge < -0.3 is 9.42 Å². The molecule has 1 aliphatic rings. The third kappa shape index (κ3) is 3.04. The Morgan fingerprint density at radius 2 is 2.03 bits per heavy atom. The molecule has 0 N–H and O–H groups in total. The SMILES string of the molecule is Cc1noc(C)c1-c1ccc2c(c1)CCN(C(=O)c1cc3ccc(Br)cn3n1)C2C. The third-order valence-corrected chi connectivity index (χ3v) is 6.38. The third-order valence-electron chi connectivity index (χ3n) is 5.91. The maximum atomic E-state index is 13.2. The van der Waals surface area contributed by atoms with Crippen molar-refractivity contribution in [2.45, 2.75) is 33.2 Å². The highest BCUT2D eigenvalue weighted by atomic mass is 79.9. The molecule has 1 unspecified atom stereocenters. The molecule has 0 saturated heterocycles. The van der Waals surface area contributed by atoms with E-state index in [1.54, 1.807) is 4.52 Å². The second-order valence-electron chi connectivity index (χ2n) is 7.78. The van der Waals surface area contributed by atoms with Gasteiger partial charge in [0.1, 0.15) is 5.76 Å². The van der Waals surface area contributed by atoms with Crippen molar-refractivity contribution in [3.05, 3.63) is 75.3 Å². The molecule has 0 aliphatic carbocycles. The van der Waals surface area contributed by atoms with Gasteiger partial charge in [0, 0.05) is 22.8 Å².